The Hall–Kier alpha value is -0.790. The first-order valence-corrected chi connectivity index (χ1v) is 3.68. The molecule has 0 aromatic heterocycles. The molecule has 0 aromatic rings. The summed E-state index contributed by atoms with van der Waals surface area (Å²) in [6.45, 7) is 7.80. The van der Waals surface area contributed by atoms with E-state index in [-0.39, 0.29) is 11.4 Å². The van der Waals surface area contributed by atoms with Gasteiger partial charge in [-0.2, -0.15) is 0 Å². The fourth-order valence-corrected chi connectivity index (χ4v) is 0.967. The molecule has 0 N–H and O–H groups in total. The van der Waals surface area contributed by atoms with Gasteiger partial charge in [-0.05, 0) is 12.3 Å². The van der Waals surface area contributed by atoms with Gasteiger partial charge < -0.3 is 4.74 Å². The minimum Gasteiger partial charge on any atom is -0.466 e. The van der Waals surface area contributed by atoms with E-state index in [9.17, 15) is 4.79 Å². The largest absolute Gasteiger partial charge is 0.466 e. The van der Waals surface area contributed by atoms with Crippen LogP contribution in [0.25, 0.3) is 0 Å². The number of methoxy groups -OCH3 is 1. The van der Waals surface area contributed by atoms with E-state index < -0.39 is 0 Å². The first-order chi connectivity index (χ1) is 4.93. The second-order valence-electron chi connectivity index (χ2n) is 3.44. The lowest BCUT2D eigenvalue weighted by molar-refractivity contribution is -0.137. The van der Waals surface area contributed by atoms with Crippen molar-refractivity contribution >= 4 is 5.97 Å². The van der Waals surface area contributed by atoms with Crippen molar-refractivity contribution in [2.45, 2.75) is 27.7 Å². The lowest BCUT2D eigenvalue weighted by Crippen LogP contribution is -2.18. The molecule has 64 valence electrons. The van der Waals surface area contributed by atoms with Gasteiger partial charge in [0.2, 0.25) is 0 Å². The zero-order valence-electron chi connectivity index (χ0n) is 7.89. The van der Waals surface area contributed by atoms with Crippen molar-refractivity contribution in [3.63, 3.8) is 0 Å². The highest BCUT2D eigenvalue weighted by atomic mass is 16.5. The van der Waals surface area contributed by atoms with E-state index in [4.69, 9.17) is 0 Å². The van der Waals surface area contributed by atoms with Crippen LogP contribution in [-0.4, -0.2) is 13.1 Å². The lowest BCUT2D eigenvalue weighted by atomic mass is 9.86. The molecule has 0 aliphatic carbocycles. The molecule has 0 aliphatic rings. The van der Waals surface area contributed by atoms with E-state index in [2.05, 4.69) is 4.74 Å². The predicted molar refractivity (Wildman–Crippen MR) is 45.2 cm³/mol. The molecule has 2 heteroatoms. The zero-order chi connectivity index (χ0) is 9.07. The first-order valence-electron chi connectivity index (χ1n) is 3.68. The summed E-state index contributed by atoms with van der Waals surface area (Å²) in [7, 11) is 1.40. The second kappa shape index (κ2) is 3.56. The van der Waals surface area contributed by atoms with E-state index >= 15 is 0 Å². The number of hydrogen-bond donors (Lipinski definition) is 0. The molecule has 0 aromatic carbocycles. The van der Waals surface area contributed by atoms with Gasteiger partial charge in [0.1, 0.15) is 0 Å². The molecule has 0 amide bonds. The summed E-state index contributed by atoms with van der Waals surface area (Å²) in [6, 6.07) is 0. The molecule has 0 rings (SSSR count). The zero-order valence-corrected chi connectivity index (χ0v) is 7.89. The average molecular weight is 156 g/mol. The SMILES string of the molecule is C/C=C(/C(=O)OC)C(C)(C)C. The van der Waals surface area contributed by atoms with Crippen LogP contribution in [0.2, 0.25) is 0 Å². The molecular weight excluding hydrogens is 140 g/mol. The molecule has 0 spiro atoms. The number of esters is 1. The van der Waals surface area contributed by atoms with Crippen molar-refractivity contribution in [1.82, 2.24) is 0 Å². The minimum atomic E-state index is -0.236. The van der Waals surface area contributed by atoms with Crippen LogP contribution in [0.15, 0.2) is 11.6 Å². The molecule has 0 radical (unpaired) electrons. The number of rotatable bonds is 1. The lowest BCUT2D eigenvalue weighted by Gasteiger charge is -2.20. The molecule has 0 fully saturated rings. The van der Waals surface area contributed by atoms with Crippen molar-refractivity contribution < 1.29 is 9.53 Å². The van der Waals surface area contributed by atoms with Crippen LogP contribution < -0.4 is 0 Å². The van der Waals surface area contributed by atoms with Gasteiger partial charge in [0.25, 0.3) is 0 Å². The van der Waals surface area contributed by atoms with Gasteiger partial charge >= 0.3 is 5.97 Å². The Morgan fingerprint density at radius 2 is 1.82 bits per heavy atom. The Bertz CT molecular complexity index is 172. The number of hydrogen-bond acceptors (Lipinski definition) is 2. The fraction of sp³-hybridized carbons (Fsp3) is 0.667. The summed E-state index contributed by atoms with van der Waals surface area (Å²) in [5.74, 6) is -0.236. The highest BCUT2D eigenvalue weighted by molar-refractivity contribution is 5.89. The summed E-state index contributed by atoms with van der Waals surface area (Å²) in [5, 5.41) is 0. The minimum absolute atomic E-state index is 0.123. The van der Waals surface area contributed by atoms with Gasteiger partial charge in [-0.25, -0.2) is 4.79 Å². The molecule has 0 heterocycles. The van der Waals surface area contributed by atoms with Crippen LogP contribution >= 0.6 is 0 Å². The van der Waals surface area contributed by atoms with Gasteiger partial charge in [-0.1, -0.05) is 26.8 Å². The van der Waals surface area contributed by atoms with Gasteiger partial charge in [-0.3, -0.25) is 0 Å². The Labute approximate surface area is 68.2 Å². The highest BCUT2D eigenvalue weighted by Gasteiger charge is 2.22. The fourth-order valence-electron chi connectivity index (χ4n) is 0.967. The Balaban J connectivity index is 4.58. The van der Waals surface area contributed by atoms with E-state index in [1.807, 2.05) is 27.7 Å². The smallest absolute Gasteiger partial charge is 0.333 e. The van der Waals surface area contributed by atoms with Crippen LogP contribution in [0.3, 0.4) is 0 Å². The standard InChI is InChI=1S/C9H16O2/c1-6-7(8(10)11-5)9(2,3)4/h6H,1-5H3/b7-6-. The number of ether oxygens (including phenoxy) is 1. The molecule has 0 atom stereocenters. The van der Waals surface area contributed by atoms with E-state index in [0.717, 1.165) is 5.57 Å². The van der Waals surface area contributed by atoms with E-state index in [1.54, 1.807) is 6.08 Å². The van der Waals surface area contributed by atoms with E-state index in [0.29, 0.717) is 0 Å². The maximum atomic E-state index is 11.1. The van der Waals surface area contributed by atoms with Crippen LogP contribution in [0.4, 0.5) is 0 Å². The highest BCUT2D eigenvalue weighted by Crippen LogP contribution is 2.25. The molecule has 2 nitrogen and oxygen atoms in total. The first kappa shape index (κ1) is 10.2. The third-order valence-electron chi connectivity index (χ3n) is 1.50. The Kier molecular flexibility index (Phi) is 3.30. The monoisotopic (exact) mass is 156 g/mol. The predicted octanol–water partition coefficient (Wildman–Crippen LogP) is 2.15. The maximum Gasteiger partial charge on any atom is 0.333 e. The summed E-state index contributed by atoms with van der Waals surface area (Å²) in [6.07, 6.45) is 1.80. The van der Waals surface area contributed by atoms with Crippen LogP contribution in [0.5, 0.6) is 0 Å². The quantitative estimate of drug-likeness (QED) is 0.429. The Morgan fingerprint density at radius 3 is 1.91 bits per heavy atom. The molecule has 0 bridgehead atoms. The van der Waals surface area contributed by atoms with Gasteiger partial charge in [0.15, 0.2) is 0 Å². The molecule has 0 saturated heterocycles. The van der Waals surface area contributed by atoms with Gasteiger partial charge in [0, 0.05) is 5.57 Å². The summed E-state index contributed by atoms with van der Waals surface area (Å²) in [5.41, 5.74) is 0.599. The topological polar surface area (TPSA) is 26.3 Å². The van der Waals surface area contributed by atoms with Crippen molar-refractivity contribution in [3.8, 4) is 0 Å². The molecular formula is C9H16O2. The average Bonchev–Trinajstić information content (AvgIpc) is 1.86. The van der Waals surface area contributed by atoms with Crippen molar-refractivity contribution in [2.24, 2.45) is 5.41 Å². The van der Waals surface area contributed by atoms with Gasteiger partial charge in [0.05, 0.1) is 7.11 Å². The number of carbonyl (C=O) groups excluding carboxylic acids is 1. The third kappa shape index (κ3) is 2.74. The van der Waals surface area contributed by atoms with Crippen molar-refractivity contribution in [1.29, 1.82) is 0 Å². The van der Waals surface area contributed by atoms with Crippen LogP contribution in [0.1, 0.15) is 27.7 Å². The second-order valence-corrected chi connectivity index (χ2v) is 3.44. The van der Waals surface area contributed by atoms with Crippen molar-refractivity contribution in [3.05, 3.63) is 11.6 Å². The molecule has 11 heavy (non-hydrogen) atoms. The summed E-state index contributed by atoms with van der Waals surface area (Å²) < 4.78 is 4.62. The molecule has 0 saturated carbocycles. The normalized spacial score (nSPS) is 13.0. The van der Waals surface area contributed by atoms with E-state index in [1.165, 1.54) is 7.11 Å². The summed E-state index contributed by atoms with van der Waals surface area (Å²) in [4.78, 5) is 11.1. The maximum absolute atomic E-state index is 11.1. The third-order valence-corrected chi connectivity index (χ3v) is 1.50. The van der Waals surface area contributed by atoms with Crippen LogP contribution in [0, 0.1) is 5.41 Å². The molecule has 0 unspecified atom stereocenters. The van der Waals surface area contributed by atoms with Gasteiger partial charge in [-0.15, -0.1) is 0 Å². The Morgan fingerprint density at radius 1 is 1.36 bits per heavy atom. The number of allylic oxidation sites excluding steroid dienone is 1. The molecule has 0 aliphatic heterocycles. The van der Waals surface area contributed by atoms with Crippen molar-refractivity contribution in [2.75, 3.05) is 7.11 Å². The number of carbonyl (C=O) groups is 1. The summed E-state index contributed by atoms with van der Waals surface area (Å²) >= 11 is 0. The van der Waals surface area contributed by atoms with Crippen LogP contribution in [-0.2, 0) is 9.53 Å².